The molecule has 1 heterocycles. The first-order valence-corrected chi connectivity index (χ1v) is 9.24. The number of carbonyl (C=O) groups is 2. The lowest BCUT2D eigenvalue weighted by molar-refractivity contribution is -0.114. The minimum atomic E-state index is -1.05. The van der Waals surface area contributed by atoms with Crippen LogP contribution in [0.2, 0.25) is 0 Å². The lowest BCUT2D eigenvalue weighted by Crippen LogP contribution is -2.21. The first kappa shape index (κ1) is 21.7. The van der Waals surface area contributed by atoms with Crippen LogP contribution in [0.1, 0.15) is 42.1 Å². The summed E-state index contributed by atoms with van der Waals surface area (Å²) in [6.45, 7) is 1.29. The molecule has 0 amide bonds. The Morgan fingerprint density at radius 1 is 1.29 bits per heavy atom. The molecule has 0 bridgehead atoms. The van der Waals surface area contributed by atoms with Crippen LogP contribution in [0.15, 0.2) is 30.4 Å². The third-order valence-corrected chi connectivity index (χ3v) is 4.16. The minimum Gasteiger partial charge on any atom is -0.507 e. The SMILES string of the molecule is C[C@@H]1/C=C\C(=O)CCC/C=C/c2cc(OCC(O)CO)cc(O)c2C(=O)OC1. The van der Waals surface area contributed by atoms with Crippen LogP contribution in [-0.2, 0) is 9.53 Å². The summed E-state index contributed by atoms with van der Waals surface area (Å²) in [5, 5.41) is 28.6. The lowest BCUT2D eigenvalue weighted by Gasteiger charge is -2.15. The fourth-order valence-corrected chi connectivity index (χ4v) is 2.60. The predicted octanol–water partition coefficient (Wildman–Crippen LogP) is 2.24. The van der Waals surface area contributed by atoms with Crippen molar-refractivity contribution in [3.8, 4) is 11.5 Å². The van der Waals surface area contributed by atoms with Crippen molar-refractivity contribution >= 4 is 17.8 Å². The van der Waals surface area contributed by atoms with Crippen LogP contribution in [-0.4, -0.2) is 53.0 Å². The van der Waals surface area contributed by atoms with Gasteiger partial charge in [-0.2, -0.15) is 0 Å². The Morgan fingerprint density at radius 3 is 2.82 bits per heavy atom. The Morgan fingerprint density at radius 2 is 2.07 bits per heavy atom. The number of allylic oxidation sites excluding steroid dienone is 2. The monoisotopic (exact) mass is 390 g/mol. The molecule has 0 fully saturated rings. The van der Waals surface area contributed by atoms with Gasteiger partial charge in [-0.15, -0.1) is 0 Å². The summed E-state index contributed by atoms with van der Waals surface area (Å²) in [5.41, 5.74) is 0.431. The van der Waals surface area contributed by atoms with Gasteiger partial charge in [0.25, 0.3) is 0 Å². The van der Waals surface area contributed by atoms with Crippen LogP contribution < -0.4 is 4.74 Å². The number of phenolic OH excluding ortho intramolecular Hbond substituents is 1. The molecule has 1 aromatic carbocycles. The maximum absolute atomic E-state index is 12.5. The van der Waals surface area contributed by atoms with E-state index in [1.54, 1.807) is 18.2 Å². The van der Waals surface area contributed by atoms with Gasteiger partial charge in [0.2, 0.25) is 0 Å². The van der Waals surface area contributed by atoms with Crippen LogP contribution >= 0.6 is 0 Å². The van der Waals surface area contributed by atoms with E-state index in [1.807, 2.05) is 13.0 Å². The number of hydrogen-bond donors (Lipinski definition) is 3. The number of rotatable bonds is 4. The first-order chi connectivity index (χ1) is 13.4. The molecule has 28 heavy (non-hydrogen) atoms. The molecule has 1 aliphatic heterocycles. The van der Waals surface area contributed by atoms with Crippen LogP contribution in [0.3, 0.4) is 0 Å². The fraction of sp³-hybridized carbons (Fsp3) is 0.429. The number of benzene rings is 1. The molecule has 0 aliphatic carbocycles. The topological polar surface area (TPSA) is 113 Å². The van der Waals surface area contributed by atoms with Crippen LogP contribution in [0, 0.1) is 5.92 Å². The third kappa shape index (κ3) is 6.51. The van der Waals surface area contributed by atoms with E-state index in [4.69, 9.17) is 14.6 Å². The van der Waals surface area contributed by atoms with E-state index >= 15 is 0 Å². The van der Waals surface area contributed by atoms with Crippen molar-refractivity contribution in [1.29, 1.82) is 0 Å². The van der Waals surface area contributed by atoms with E-state index in [2.05, 4.69) is 0 Å². The zero-order chi connectivity index (χ0) is 20.5. The molecule has 0 radical (unpaired) electrons. The highest BCUT2D eigenvalue weighted by Crippen LogP contribution is 2.30. The van der Waals surface area contributed by atoms with Gasteiger partial charge in [0.1, 0.15) is 29.8 Å². The second kappa shape index (κ2) is 10.6. The summed E-state index contributed by atoms with van der Waals surface area (Å²) in [7, 11) is 0. The minimum absolute atomic E-state index is 0.0237. The van der Waals surface area contributed by atoms with Gasteiger partial charge in [0, 0.05) is 18.4 Å². The molecular formula is C21H26O7. The van der Waals surface area contributed by atoms with E-state index in [1.165, 1.54) is 12.1 Å². The number of aliphatic hydroxyl groups is 2. The van der Waals surface area contributed by atoms with Crippen LogP contribution in [0.5, 0.6) is 11.5 Å². The normalized spacial score (nSPS) is 21.8. The number of cyclic esters (lactones) is 1. The summed E-state index contributed by atoms with van der Waals surface area (Å²) in [6, 6.07) is 2.82. The Labute approximate surface area is 163 Å². The highest BCUT2D eigenvalue weighted by molar-refractivity contribution is 5.97. The number of ether oxygens (including phenoxy) is 2. The Kier molecular flexibility index (Phi) is 8.22. The highest BCUT2D eigenvalue weighted by atomic mass is 16.5. The van der Waals surface area contributed by atoms with Crippen molar-refractivity contribution < 1.29 is 34.4 Å². The Bertz CT molecular complexity index is 751. The molecule has 1 aliphatic rings. The second-order valence-electron chi connectivity index (χ2n) is 6.75. The van der Waals surface area contributed by atoms with Crippen LogP contribution in [0.4, 0.5) is 0 Å². The molecule has 0 saturated heterocycles. The summed E-state index contributed by atoms with van der Waals surface area (Å²) in [6.07, 6.45) is 7.36. The molecule has 1 unspecified atom stereocenters. The van der Waals surface area contributed by atoms with Gasteiger partial charge in [0.15, 0.2) is 5.78 Å². The number of hydrogen-bond acceptors (Lipinski definition) is 7. The van der Waals surface area contributed by atoms with Crippen molar-refractivity contribution in [2.75, 3.05) is 19.8 Å². The number of phenols is 1. The predicted molar refractivity (Wildman–Crippen MR) is 103 cm³/mol. The number of aliphatic hydroxyl groups excluding tert-OH is 2. The fourth-order valence-electron chi connectivity index (χ4n) is 2.60. The number of carbonyl (C=O) groups excluding carboxylic acids is 2. The third-order valence-electron chi connectivity index (χ3n) is 4.16. The van der Waals surface area contributed by atoms with Gasteiger partial charge in [0.05, 0.1) is 13.2 Å². The number of aromatic hydroxyl groups is 1. The van der Waals surface area contributed by atoms with Crippen molar-refractivity contribution in [3.05, 3.63) is 41.5 Å². The summed E-state index contributed by atoms with van der Waals surface area (Å²) < 4.78 is 10.7. The molecule has 1 aromatic rings. The van der Waals surface area contributed by atoms with Crippen molar-refractivity contribution in [2.45, 2.75) is 32.3 Å². The van der Waals surface area contributed by atoms with E-state index < -0.39 is 18.7 Å². The Balaban J connectivity index is 2.30. The zero-order valence-electron chi connectivity index (χ0n) is 15.8. The van der Waals surface area contributed by atoms with E-state index in [0.29, 0.717) is 24.8 Å². The van der Waals surface area contributed by atoms with Gasteiger partial charge < -0.3 is 24.8 Å². The smallest absolute Gasteiger partial charge is 0.342 e. The molecule has 0 saturated carbocycles. The Hall–Kier alpha value is -2.64. The lowest BCUT2D eigenvalue weighted by atomic mass is 10.0. The first-order valence-electron chi connectivity index (χ1n) is 9.24. The standard InChI is InChI=1S/C21H26O7/c1-14-7-8-16(23)6-4-2-3-5-15-9-18(27-13-17(24)11-22)10-19(25)20(15)21(26)28-12-14/h3,5,7-10,14,17,22,24-25H,2,4,6,11-13H2,1H3/b5-3+,8-7-/t14-,17?/m1/s1. The van der Waals surface area contributed by atoms with Crippen molar-refractivity contribution in [1.82, 2.24) is 0 Å². The maximum atomic E-state index is 12.5. The van der Waals surface area contributed by atoms with E-state index in [0.717, 1.165) is 0 Å². The number of fused-ring (bicyclic) bond motifs is 1. The summed E-state index contributed by atoms with van der Waals surface area (Å²) >= 11 is 0. The second-order valence-corrected chi connectivity index (χ2v) is 6.75. The highest BCUT2D eigenvalue weighted by Gasteiger charge is 2.20. The van der Waals surface area contributed by atoms with Crippen LogP contribution in [0.25, 0.3) is 6.08 Å². The molecule has 7 nitrogen and oxygen atoms in total. The maximum Gasteiger partial charge on any atom is 0.342 e. The average molecular weight is 390 g/mol. The quantitative estimate of drug-likeness (QED) is 0.676. The van der Waals surface area contributed by atoms with Crippen molar-refractivity contribution in [2.24, 2.45) is 5.92 Å². The zero-order valence-corrected chi connectivity index (χ0v) is 15.8. The van der Waals surface area contributed by atoms with Gasteiger partial charge in [-0.25, -0.2) is 4.79 Å². The molecule has 2 rings (SSSR count). The average Bonchev–Trinajstić information content (AvgIpc) is 2.67. The van der Waals surface area contributed by atoms with E-state index in [-0.39, 0.29) is 42.0 Å². The summed E-state index contributed by atoms with van der Waals surface area (Å²) in [4.78, 5) is 24.3. The van der Waals surface area contributed by atoms with Gasteiger partial charge >= 0.3 is 5.97 Å². The van der Waals surface area contributed by atoms with Gasteiger partial charge in [-0.05, 0) is 30.5 Å². The molecule has 2 atom stereocenters. The van der Waals surface area contributed by atoms with Gasteiger partial charge in [-0.1, -0.05) is 25.2 Å². The molecular weight excluding hydrogens is 364 g/mol. The van der Waals surface area contributed by atoms with Gasteiger partial charge in [-0.3, -0.25) is 4.79 Å². The molecule has 3 N–H and O–H groups in total. The molecule has 152 valence electrons. The summed E-state index contributed by atoms with van der Waals surface area (Å²) in [5.74, 6) is -0.845. The number of ketones is 1. The van der Waals surface area contributed by atoms with E-state index in [9.17, 15) is 19.8 Å². The van der Waals surface area contributed by atoms with Crippen molar-refractivity contribution in [3.63, 3.8) is 0 Å². The molecule has 7 heteroatoms. The molecule has 0 aromatic heterocycles. The number of esters is 1. The largest absolute Gasteiger partial charge is 0.507 e. The molecule has 0 spiro atoms.